The highest BCUT2D eigenvalue weighted by molar-refractivity contribution is 6.04. The molecule has 1 aliphatic rings. The maximum atomic E-state index is 13.6. The van der Waals surface area contributed by atoms with Crippen molar-refractivity contribution in [3.05, 3.63) is 89.9 Å². The summed E-state index contributed by atoms with van der Waals surface area (Å²) in [5.74, 6) is 0.901. The topological polar surface area (TPSA) is 113 Å². The van der Waals surface area contributed by atoms with E-state index in [1.165, 1.54) is 5.01 Å². The van der Waals surface area contributed by atoms with E-state index < -0.39 is 6.04 Å². The van der Waals surface area contributed by atoms with Crippen LogP contribution in [-0.4, -0.2) is 51.1 Å². The lowest BCUT2D eigenvalue weighted by atomic mass is 9.98. The van der Waals surface area contributed by atoms with Crippen LogP contribution in [0.5, 0.6) is 17.2 Å². The van der Waals surface area contributed by atoms with E-state index in [9.17, 15) is 9.90 Å². The second-order valence-corrected chi connectivity index (χ2v) is 7.95. The highest BCUT2D eigenvalue weighted by Crippen LogP contribution is 2.38. The molecule has 0 saturated carbocycles. The van der Waals surface area contributed by atoms with Gasteiger partial charge in [-0.3, -0.25) is 14.9 Å². The second-order valence-electron chi connectivity index (χ2n) is 7.95. The van der Waals surface area contributed by atoms with E-state index in [4.69, 9.17) is 9.47 Å². The standard InChI is InChI=1S/C26H23N5O4/c1-34-24-10-9-16(12-25(24)35-2)19-13-21(29-28-19)26(33)31-22(18-7-3-4-8-23(18)32)14-20(30-31)17-6-5-11-27-15-17/h3-13,15,22,32H,14H2,1-2H3,(H,28,29). The molecule has 0 spiro atoms. The average Bonchev–Trinajstić information content (AvgIpc) is 3.57. The number of hydrogen-bond donors (Lipinski definition) is 2. The number of hydrazone groups is 1. The van der Waals surface area contributed by atoms with Crippen molar-refractivity contribution in [1.82, 2.24) is 20.2 Å². The number of carbonyl (C=O) groups excluding carboxylic acids is 1. The van der Waals surface area contributed by atoms with E-state index in [0.29, 0.717) is 34.9 Å². The summed E-state index contributed by atoms with van der Waals surface area (Å²) >= 11 is 0. The van der Waals surface area contributed by atoms with Crippen molar-refractivity contribution in [1.29, 1.82) is 0 Å². The number of phenolic OH excluding ortho intramolecular Hbond substituents is 1. The van der Waals surface area contributed by atoms with Crippen molar-refractivity contribution < 1.29 is 19.4 Å². The first-order chi connectivity index (χ1) is 17.1. The fourth-order valence-corrected chi connectivity index (χ4v) is 4.12. The maximum Gasteiger partial charge on any atom is 0.292 e. The van der Waals surface area contributed by atoms with Crippen LogP contribution in [0.2, 0.25) is 0 Å². The first-order valence-corrected chi connectivity index (χ1v) is 11.0. The Morgan fingerprint density at radius 3 is 2.60 bits per heavy atom. The lowest BCUT2D eigenvalue weighted by Crippen LogP contribution is -2.27. The van der Waals surface area contributed by atoms with Crippen molar-refractivity contribution in [2.75, 3.05) is 14.2 Å². The number of pyridine rings is 1. The molecular weight excluding hydrogens is 446 g/mol. The Morgan fingerprint density at radius 1 is 1.03 bits per heavy atom. The number of hydrogen-bond acceptors (Lipinski definition) is 7. The summed E-state index contributed by atoms with van der Waals surface area (Å²) in [6, 6.07) is 17.3. The largest absolute Gasteiger partial charge is 0.508 e. The third-order valence-corrected chi connectivity index (χ3v) is 5.90. The van der Waals surface area contributed by atoms with Crippen LogP contribution in [0.1, 0.15) is 34.1 Å². The van der Waals surface area contributed by atoms with Gasteiger partial charge in [0.1, 0.15) is 11.4 Å². The molecule has 0 fully saturated rings. The number of nitrogens with one attached hydrogen (secondary N) is 1. The summed E-state index contributed by atoms with van der Waals surface area (Å²) in [6.45, 7) is 0. The van der Waals surface area contributed by atoms with E-state index in [1.54, 1.807) is 63.0 Å². The van der Waals surface area contributed by atoms with E-state index in [2.05, 4.69) is 20.3 Å². The van der Waals surface area contributed by atoms with Crippen LogP contribution in [0.4, 0.5) is 0 Å². The highest BCUT2D eigenvalue weighted by atomic mass is 16.5. The van der Waals surface area contributed by atoms with E-state index in [-0.39, 0.29) is 17.4 Å². The molecule has 9 nitrogen and oxygen atoms in total. The fourth-order valence-electron chi connectivity index (χ4n) is 4.12. The molecule has 1 unspecified atom stereocenters. The van der Waals surface area contributed by atoms with Crippen LogP contribution in [0, 0.1) is 0 Å². The van der Waals surface area contributed by atoms with Crippen molar-refractivity contribution in [3.63, 3.8) is 0 Å². The molecule has 5 rings (SSSR count). The number of phenols is 1. The lowest BCUT2D eigenvalue weighted by molar-refractivity contribution is 0.0703. The normalized spacial score (nSPS) is 15.1. The molecule has 9 heteroatoms. The Balaban J connectivity index is 1.49. The maximum absolute atomic E-state index is 13.6. The number of aromatic nitrogens is 3. The number of para-hydroxylation sites is 1. The molecule has 1 aliphatic heterocycles. The molecule has 176 valence electrons. The predicted octanol–water partition coefficient (Wildman–Crippen LogP) is 4.19. The van der Waals surface area contributed by atoms with Crippen LogP contribution < -0.4 is 9.47 Å². The number of methoxy groups -OCH3 is 2. The van der Waals surface area contributed by atoms with Crippen LogP contribution in [0.15, 0.2) is 78.2 Å². The van der Waals surface area contributed by atoms with Gasteiger partial charge in [-0.2, -0.15) is 10.2 Å². The number of benzene rings is 2. The average molecular weight is 470 g/mol. The zero-order valence-electron chi connectivity index (χ0n) is 19.2. The minimum absolute atomic E-state index is 0.105. The van der Waals surface area contributed by atoms with Crippen molar-refractivity contribution >= 4 is 11.6 Å². The Bertz CT molecular complexity index is 1400. The predicted molar refractivity (Wildman–Crippen MR) is 130 cm³/mol. The van der Waals surface area contributed by atoms with Gasteiger partial charge in [0.05, 0.1) is 31.7 Å². The summed E-state index contributed by atoms with van der Waals surface area (Å²) < 4.78 is 10.7. The molecule has 3 heterocycles. The molecule has 4 aromatic rings. The van der Waals surface area contributed by atoms with Crippen LogP contribution in [-0.2, 0) is 0 Å². The van der Waals surface area contributed by atoms with Gasteiger partial charge >= 0.3 is 0 Å². The molecule has 2 aromatic carbocycles. The van der Waals surface area contributed by atoms with Gasteiger partial charge in [0, 0.05) is 35.5 Å². The van der Waals surface area contributed by atoms with Crippen molar-refractivity contribution in [2.45, 2.75) is 12.5 Å². The Morgan fingerprint density at radius 2 is 1.86 bits per heavy atom. The third kappa shape index (κ3) is 4.19. The second kappa shape index (κ2) is 9.30. The van der Waals surface area contributed by atoms with E-state index >= 15 is 0 Å². The molecule has 0 radical (unpaired) electrons. The van der Waals surface area contributed by atoms with Gasteiger partial charge < -0.3 is 14.6 Å². The zero-order chi connectivity index (χ0) is 24.4. The highest BCUT2D eigenvalue weighted by Gasteiger charge is 2.35. The van der Waals surface area contributed by atoms with Gasteiger partial charge in [-0.25, -0.2) is 5.01 Å². The molecule has 0 bridgehead atoms. The molecule has 2 N–H and O–H groups in total. The number of nitrogens with zero attached hydrogens (tertiary/aromatic N) is 4. The van der Waals surface area contributed by atoms with Crippen molar-refractivity contribution in [3.8, 4) is 28.5 Å². The molecule has 1 atom stereocenters. The molecule has 0 aliphatic carbocycles. The smallest absolute Gasteiger partial charge is 0.292 e. The summed E-state index contributed by atoms with van der Waals surface area (Å²) in [7, 11) is 3.13. The third-order valence-electron chi connectivity index (χ3n) is 5.90. The summed E-state index contributed by atoms with van der Waals surface area (Å²) in [6.07, 6.45) is 3.83. The zero-order valence-corrected chi connectivity index (χ0v) is 19.2. The monoisotopic (exact) mass is 469 g/mol. The van der Waals surface area contributed by atoms with Gasteiger partial charge in [0.2, 0.25) is 0 Å². The quantitative estimate of drug-likeness (QED) is 0.438. The van der Waals surface area contributed by atoms with Gasteiger partial charge in [-0.1, -0.05) is 24.3 Å². The number of aromatic hydroxyl groups is 1. The Hall–Kier alpha value is -4.66. The van der Waals surface area contributed by atoms with Crippen LogP contribution in [0.3, 0.4) is 0 Å². The molecule has 0 saturated heterocycles. The number of amides is 1. The molecular formula is C26H23N5O4. The van der Waals surface area contributed by atoms with Crippen molar-refractivity contribution in [2.24, 2.45) is 5.10 Å². The SMILES string of the molecule is COc1ccc(-c2cc(C(=O)N3N=C(c4cccnc4)CC3c3ccccc3O)[nH]n2)cc1OC. The fraction of sp³-hybridized carbons (Fsp3) is 0.154. The van der Waals surface area contributed by atoms with Gasteiger partial charge in [-0.15, -0.1) is 0 Å². The first-order valence-electron chi connectivity index (χ1n) is 11.0. The van der Waals surface area contributed by atoms with Crippen LogP contribution >= 0.6 is 0 Å². The number of ether oxygens (including phenoxy) is 2. The summed E-state index contributed by atoms with van der Waals surface area (Å²) in [5.41, 5.74) is 3.74. The Kier molecular flexibility index (Phi) is 5.88. The van der Waals surface area contributed by atoms with Gasteiger partial charge in [-0.05, 0) is 36.4 Å². The van der Waals surface area contributed by atoms with Gasteiger partial charge in [0.15, 0.2) is 11.5 Å². The number of rotatable bonds is 6. The number of aromatic amines is 1. The molecule has 2 aromatic heterocycles. The van der Waals surface area contributed by atoms with Crippen LogP contribution in [0.25, 0.3) is 11.3 Å². The summed E-state index contributed by atoms with van der Waals surface area (Å²) in [4.78, 5) is 17.8. The number of H-pyrrole nitrogens is 1. The lowest BCUT2D eigenvalue weighted by Gasteiger charge is -2.22. The Labute approximate surface area is 201 Å². The van der Waals surface area contributed by atoms with E-state index in [0.717, 1.165) is 11.1 Å². The van der Waals surface area contributed by atoms with E-state index in [1.807, 2.05) is 24.3 Å². The molecule has 1 amide bonds. The minimum atomic E-state index is -0.480. The summed E-state index contributed by atoms with van der Waals surface area (Å²) in [5, 5.41) is 23.7. The molecule has 35 heavy (non-hydrogen) atoms. The van der Waals surface area contributed by atoms with Gasteiger partial charge in [0.25, 0.3) is 5.91 Å². The number of carbonyl (C=O) groups is 1. The minimum Gasteiger partial charge on any atom is -0.508 e. The first kappa shape index (κ1) is 22.1.